The molecule has 0 spiro atoms. The van der Waals surface area contributed by atoms with Crippen molar-refractivity contribution in [1.29, 1.82) is 0 Å². The molecule has 0 unspecified atom stereocenters. The quantitative estimate of drug-likeness (QED) is 0.804. The number of ether oxygens (including phenoxy) is 1. The molecule has 0 aliphatic heterocycles. The minimum absolute atomic E-state index is 0.0160. The lowest BCUT2D eigenvalue weighted by atomic mass is 10.2. The van der Waals surface area contributed by atoms with Crippen molar-refractivity contribution in [2.45, 2.75) is 13.5 Å². The second-order valence-corrected chi connectivity index (χ2v) is 4.89. The predicted octanol–water partition coefficient (Wildman–Crippen LogP) is 3.06. The summed E-state index contributed by atoms with van der Waals surface area (Å²) in [6.45, 7) is 1.99. The Morgan fingerprint density at radius 3 is 2.68 bits per heavy atom. The van der Waals surface area contributed by atoms with Gasteiger partial charge in [-0.25, -0.2) is 14.2 Å². The van der Waals surface area contributed by atoms with Gasteiger partial charge in [0.25, 0.3) is 0 Å². The van der Waals surface area contributed by atoms with Gasteiger partial charge in [0.15, 0.2) is 11.5 Å². The molecule has 0 radical (unpaired) electrons. The van der Waals surface area contributed by atoms with Crippen LogP contribution in [0.1, 0.15) is 21.9 Å². The lowest BCUT2D eigenvalue weighted by Gasteiger charge is -2.06. The van der Waals surface area contributed by atoms with Crippen molar-refractivity contribution in [3.63, 3.8) is 0 Å². The molecule has 0 atom stereocenters. The van der Waals surface area contributed by atoms with Gasteiger partial charge in [0.1, 0.15) is 18.2 Å². The summed E-state index contributed by atoms with van der Waals surface area (Å²) in [7, 11) is 0. The maximum atomic E-state index is 12.9. The number of fused-ring (bicyclic) bond motifs is 1. The first-order valence-corrected chi connectivity index (χ1v) is 6.64. The molecule has 3 aromatic rings. The van der Waals surface area contributed by atoms with Gasteiger partial charge in [-0.3, -0.25) is 4.40 Å². The monoisotopic (exact) mass is 300 g/mol. The van der Waals surface area contributed by atoms with Gasteiger partial charge in [-0.15, -0.1) is 0 Å². The molecule has 0 aliphatic rings. The van der Waals surface area contributed by atoms with Crippen LogP contribution in [0.2, 0.25) is 0 Å². The molecule has 3 rings (SSSR count). The van der Waals surface area contributed by atoms with Crippen LogP contribution in [0.3, 0.4) is 0 Å². The van der Waals surface area contributed by atoms with E-state index in [1.165, 1.54) is 24.3 Å². The van der Waals surface area contributed by atoms with E-state index in [1.54, 1.807) is 16.7 Å². The Labute approximate surface area is 125 Å². The highest BCUT2D eigenvalue weighted by atomic mass is 19.1. The Bertz CT molecular complexity index is 840. The standard InChI is InChI=1S/C16H13FN2O3/c1-10-2-7-13-15(16(20)21)18-14(19(13)8-10)9-22-12-5-3-11(17)4-6-12/h2-8H,9H2,1H3,(H,20,21). The van der Waals surface area contributed by atoms with Crippen molar-refractivity contribution in [2.75, 3.05) is 0 Å². The minimum atomic E-state index is -1.09. The number of hydrogen-bond acceptors (Lipinski definition) is 3. The summed E-state index contributed by atoms with van der Waals surface area (Å²) in [5, 5.41) is 9.22. The first-order valence-electron chi connectivity index (χ1n) is 6.64. The SMILES string of the molecule is Cc1ccc2c(C(=O)O)nc(COc3ccc(F)cc3)n2c1. The van der Waals surface area contributed by atoms with Gasteiger partial charge >= 0.3 is 5.97 Å². The normalized spacial score (nSPS) is 10.8. The van der Waals surface area contributed by atoms with Crippen LogP contribution >= 0.6 is 0 Å². The Hall–Kier alpha value is -2.89. The number of carbonyl (C=O) groups is 1. The first-order chi connectivity index (χ1) is 10.5. The van der Waals surface area contributed by atoms with Gasteiger partial charge in [0, 0.05) is 6.20 Å². The van der Waals surface area contributed by atoms with E-state index in [9.17, 15) is 14.3 Å². The van der Waals surface area contributed by atoms with E-state index in [0.717, 1.165) is 5.56 Å². The van der Waals surface area contributed by atoms with Crippen molar-refractivity contribution in [3.8, 4) is 5.75 Å². The molecule has 6 heteroatoms. The van der Waals surface area contributed by atoms with E-state index in [0.29, 0.717) is 17.1 Å². The number of imidazole rings is 1. The molecule has 0 amide bonds. The molecule has 0 fully saturated rings. The van der Waals surface area contributed by atoms with E-state index in [1.807, 2.05) is 13.0 Å². The highest BCUT2D eigenvalue weighted by Gasteiger charge is 2.16. The molecule has 1 aromatic carbocycles. The van der Waals surface area contributed by atoms with Crippen LogP contribution in [0.5, 0.6) is 5.75 Å². The van der Waals surface area contributed by atoms with Crippen molar-refractivity contribution in [1.82, 2.24) is 9.38 Å². The largest absolute Gasteiger partial charge is 0.486 e. The number of aromatic nitrogens is 2. The molecule has 112 valence electrons. The second-order valence-electron chi connectivity index (χ2n) is 4.89. The zero-order valence-corrected chi connectivity index (χ0v) is 11.8. The Balaban J connectivity index is 1.94. The van der Waals surface area contributed by atoms with Gasteiger partial charge in [0.05, 0.1) is 5.52 Å². The molecular weight excluding hydrogens is 287 g/mol. The fourth-order valence-corrected chi connectivity index (χ4v) is 2.19. The zero-order chi connectivity index (χ0) is 15.7. The third-order valence-corrected chi connectivity index (χ3v) is 3.24. The van der Waals surface area contributed by atoms with E-state index in [2.05, 4.69) is 4.98 Å². The molecule has 1 N–H and O–H groups in total. The van der Waals surface area contributed by atoms with E-state index >= 15 is 0 Å². The number of pyridine rings is 1. The molecule has 2 aromatic heterocycles. The van der Waals surface area contributed by atoms with E-state index in [-0.39, 0.29) is 18.1 Å². The molecule has 0 saturated heterocycles. The Kier molecular flexibility index (Phi) is 3.50. The summed E-state index contributed by atoms with van der Waals surface area (Å²) in [6, 6.07) is 9.15. The summed E-state index contributed by atoms with van der Waals surface area (Å²) in [4.78, 5) is 15.4. The summed E-state index contributed by atoms with van der Waals surface area (Å²) in [5.74, 6) is -0.472. The molecular formula is C16H13FN2O3. The number of rotatable bonds is 4. The topological polar surface area (TPSA) is 63.8 Å². The average Bonchev–Trinajstić information content (AvgIpc) is 2.85. The summed E-state index contributed by atoms with van der Waals surface area (Å²) < 4.78 is 20.1. The Morgan fingerprint density at radius 2 is 2.00 bits per heavy atom. The van der Waals surface area contributed by atoms with Crippen molar-refractivity contribution < 1.29 is 19.0 Å². The van der Waals surface area contributed by atoms with Crippen LogP contribution in [-0.2, 0) is 6.61 Å². The molecule has 0 bridgehead atoms. The maximum absolute atomic E-state index is 12.9. The number of halogens is 1. The van der Waals surface area contributed by atoms with Gasteiger partial charge in [-0.1, -0.05) is 6.07 Å². The fourth-order valence-electron chi connectivity index (χ4n) is 2.19. The number of carboxylic acid groups (broad SMARTS) is 1. The number of carboxylic acids is 1. The molecule has 22 heavy (non-hydrogen) atoms. The molecule has 2 heterocycles. The van der Waals surface area contributed by atoms with E-state index in [4.69, 9.17) is 4.74 Å². The van der Waals surface area contributed by atoms with Crippen LogP contribution in [0.15, 0.2) is 42.6 Å². The number of aromatic carboxylic acids is 1. The third-order valence-electron chi connectivity index (χ3n) is 3.24. The van der Waals surface area contributed by atoms with Crippen molar-refractivity contribution in [3.05, 3.63) is 65.5 Å². The smallest absolute Gasteiger partial charge is 0.356 e. The third kappa shape index (κ3) is 2.63. The second kappa shape index (κ2) is 5.48. The summed E-state index contributed by atoms with van der Waals surface area (Å²) in [6.07, 6.45) is 1.80. The summed E-state index contributed by atoms with van der Waals surface area (Å²) >= 11 is 0. The van der Waals surface area contributed by atoms with Crippen molar-refractivity contribution in [2.24, 2.45) is 0 Å². The average molecular weight is 300 g/mol. The number of nitrogens with zero attached hydrogens (tertiary/aromatic N) is 2. The first kappa shape index (κ1) is 14.1. The van der Waals surface area contributed by atoms with Gasteiger partial charge < -0.3 is 9.84 Å². The molecule has 5 nitrogen and oxygen atoms in total. The van der Waals surface area contributed by atoms with Crippen molar-refractivity contribution >= 4 is 11.5 Å². The van der Waals surface area contributed by atoms with Crippen LogP contribution < -0.4 is 4.74 Å². The van der Waals surface area contributed by atoms with Gasteiger partial charge in [0.2, 0.25) is 0 Å². The summed E-state index contributed by atoms with van der Waals surface area (Å²) in [5.41, 5.74) is 1.47. The van der Waals surface area contributed by atoms with Crippen LogP contribution in [0, 0.1) is 12.7 Å². The predicted molar refractivity (Wildman–Crippen MR) is 77.6 cm³/mol. The fraction of sp³-hybridized carbons (Fsp3) is 0.125. The minimum Gasteiger partial charge on any atom is -0.486 e. The number of benzene rings is 1. The maximum Gasteiger partial charge on any atom is 0.356 e. The van der Waals surface area contributed by atoms with Gasteiger partial charge in [-0.05, 0) is 42.8 Å². The van der Waals surface area contributed by atoms with Gasteiger partial charge in [-0.2, -0.15) is 0 Å². The highest BCUT2D eigenvalue weighted by Crippen LogP contribution is 2.18. The van der Waals surface area contributed by atoms with E-state index < -0.39 is 5.97 Å². The zero-order valence-electron chi connectivity index (χ0n) is 11.8. The highest BCUT2D eigenvalue weighted by molar-refractivity contribution is 5.93. The number of aryl methyl sites for hydroxylation is 1. The lowest BCUT2D eigenvalue weighted by Crippen LogP contribution is -2.02. The number of hydrogen-bond donors (Lipinski definition) is 1. The van der Waals surface area contributed by atoms with Crippen LogP contribution in [0.25, 0.3) is 5.52 Å². The Morgan fingerprint density at radius 1 is 1.27 bits per heavy atom. The molecule has 0 saturated carbocycles. The lowest BCUT2D eigenvalue weighted by molar-refractivity contribution is 0.0693. The molecule has 0 aliphatic carbocycles. The van der Waals surface area contributed by atoms with Crippen LogP contribution in [-0.4, -0.2) is 20.5 Å². The van der Waals surface area contributed by atoms with Crippen LogP contribution in [0.4, 0.5) is 4.39 Å².